The Morgan fingerprint density at radius 3 is 3.00 bits per heavy atom. The number of hydrogen-bond acceptors (Lipinski definition) is 1. The van der Waals surface area contributed by atoms with Crippen LogP contribution in [0.25, 0.3) is 0 Å². The molecular formula is C8H11N. The smallest absolute Gasteiger partial charge is 0.0628 e. The summed E-state index contributed by atoms with van der Waals surface area (Å²) in [6, 6.07) is 2.18. The average molecular weight is 121 g/mol. The summed E-state index contributed by atoms with van der Waals surface area (Å²) in [6.07, 6.45) is 4.25. The summed E-state index contributed by atoms with van der Waals surface area (Å²) in [5, 5.41) is 8.35. The van der Waals surface area contributed by atoms with Gasteiger partial charge in [-0.05, 0) is 25.2 Å². The van der Waals surface area contributed by atoms with E-state index >= 15 is 0 Å². The van der Waals surface area contributed by atoms with Crippen molar-refractivity contribution in [3.63, 3.8) is 0 Å². The first-order chi connectivity index (χ1) is 4.34. The van der Waals surface area contributed by atoms with Gasteiger partial charge < -0.3 is 0 Å². The fourth-order valence-electron chi connectivity index (χ4n) is 1.34. The second-order valence-corrected chi connectivity index (χ2v) is 2.61. The van der Waals surface area contributed by atoms with Crippen LogP contribution in [0.2, 0.25) is 0 Å². The highest BCUT2D eigenvalue weighted by molar-refractivity contribution is 5.07. The lowest BCUT2D eigenvalue weighted by atomic mass is 10.0. The van der Waals surface area contributed by atoms with Crippen LogP contribution in [0.1, 0.15) is 25.7 Å². The van der Waals surface area contributed by atoms with Crippen LogP contribution >= 0.6 is 0 Å². The lowest BCUT2D eigenvalue weighted by molar-refractivity contribution is 0.645. The molecule has 1 fully saturated rings. The SMILES string of the molecule is C=C1CCCC1CC#N. The normalized spacial score (nSPS) is 26.1. The van der Waals surface area contributed by atoms with Gasteiger partial charge in [0.05, 0.1) is 6.07 Å². The van der Waals surface area contributed by atoms with Gasteiger partial charge in [0.25, 0.3) is 0 Å². The topological polar surface area (TPSA) is 23.8 Å². The average Bonchev–Trinajstić information content (AvgIpc) is 2.18. The van der Waals surface area contributed by atoms with E-state index in [0.717, 1.165) is 6.42 Å². The quantitative estimate of drug-likeness (QED) is 0.488. The zero-order valence-electron chi connectivity index (χ0n) is 5.56. The Balaban J connectivity index is 2.42. The largest absolute Gasteiger partial charge is 0.198 e. The van der Waals surface area contributed by atoms with Crippen LogP contribution in [-0.4, -0.2) is 0 Å². The third-order valence-electron chi connectivity index (χ3n) is 1.97. The van der Waals surface area contributed by atoms with Gasteiger partial charge in [-0.1, -0.05) is 12.2 Å². The molecule has 1 nitrogen and oxygen atoms in total. The molecule has 0 amide bonds. The van der Waals surface area contributed by atoms with Gasteiger partial charge in [-0.3, -0.25) is 0 Å². The maximum atomic E-state index is 8.35. The minimum atomic E-state index is 0.523. The van der Waals surface area contributed by atoms with E-state index < -0.39 is 0 Å². The Morgan fingerprint density at radius 2 is 2.56 bits per heavy atom. The molecule has 1 atom stereocenters. The van der Waals surface area contributed by atoms with Crippen LogP contribution < -0.4 is 0 Å². The molecule has 0 saturated heterocycles. The Morgan fingerprint density at radius 1 is 1.78 bits per heavy atom. The highest BCUT2D eigenvalue weighted by Gasteiger charge is 2.17. The molecule has 0 radical (unpaired) electrons. The van der Waals surface area contributed by atoms with Crippen molar-refractivity contribution >= 4 is 0 Å². The Bertz CT molecular complexity index is 152. The molecule has 1 aliphatic carbocycles. The molecule has 1 unspecified atom stereocenters. The molecule has 1 heteroatoms. The van der Waals surface area contributed by atoms with Crippen molar-refractivity contribution in [3.05, 3.63) is 12.2 Å². The van der Waals surface area contributed by atoms with Gasteiger partial charge in [0.1, 0.15) is 0 Å². The number of allylic oxidation sites excluding steroid dienone is 1. The number of rotatable bonds is 1. The van der Waals surface area contributed by atoms with Crippen LogP contribution in [0.5, 0.6) is 0 Å². The van der Waals surface area contributed by atoms with E-state index in [9.17, 15) is 0 Å². The standard InChI is InChI=1S/C8H11N/c1-7-3-2-4-8(7)5-6-9/h8H,1-5H2. The van der Waals surface area contributed by atoms with E-state index in [1.165, 1.54) is 18.4 Å². The molecule has 0 aromatic heterocycles. The first-order valence-electron chi connectivity index (χ1n) is 3.39. The van der Waals surface area contributed by atoms with Gasteiger partial charge in [-0.2, -0.15) is 5.26 Å². The maximum absolute atomic E-state index is 8.35. The van der Waals surface area contributed by atoms with Gasteiger partial charge >= 0.3 is 0 Å². The van der Waals surface area contributed by atoms with Gasteiger partial charge in [-0.15, -0.1) is 0 Å². The lowest BCUT2D eigenvalue weighted by Gasteiger charge is -2.02. The molecule has 0 aromatic rings. The van der Waals surface area contributed by atoms with Crippen LogP contribution in [0.3, 0.4) is 0 Å². The summed E-state index contributed by atoms with van der Waals surface area (Å²) in [7, 11) is 0. The predicted molar refractivity (Wildman–Crippen MR) is 36.7 cm³/mol. The minimum absolute atomic E-state index is 0.523. The number of hydrogen-bond donors (Lipinski definition) is 0. The van der Waals surface area contributed by atoms with E-state index in [1.807, 2.05) is 0 Å². The molecule has 0 aliphatic heterocycles. The van der Waals surface area contributed by atoms with Crippen molar-refractivity contribution in [2.75, 3.05) is 0 Å². The van der Waals surface area contributed by atoms with Gasteiger partial charge in [0, 0.05) is 6.42 Å². The molecule has 9 heavy (non-hydrogen) atoms. The minimum Gasteiger partial charge on any atom is -0.198 e. The third-order valence-corrected chi connectivity index (χ3v) is 1.97. The molecule has 0 bridgehead atoms. The molecule has 1 rings (SSSR count). The summed E-state index contributed by atoms with van der Waals surface area (Å²) >= 11 is 0. The fraction of sp³-hybridized carbons (Fsp3) is 0.625. The summed E-state index contributed by atoms with van der Waals surface area (Å²) in [4.78, 5) is 0. The van der Waals surface area contributed by atoms with E-state index in [1.54, 1.807) is 0 Å². The first kappa shape index (κ1) is 6.35. The van der Waals surface area contributed by atoms with Crippen molar-refractivity contribution in [2.45, 2.75) is 25.7 Å². The number of nitriles is 1. The number of nitrogens with zero attached hydrogens (tertiary/aromatic N) is 1. The van der Waals surface area contributed by atoms with Gasteiger partial charge in [0.2, 0.25) is 0 Å². The molecule has 0 heterocycles. The molecule has 1 saturated carbocycles. The van der Waals surface area contributed by atoms with E-state index in [0.29, 0.717) is 12.3 Å². The van der Waals surface area contributed by atoms with Crippen LogP contribution in [0, 0.1) is 17.2 Å². The van der Waals surface area contributed by atoms with Gasteiger partial charge in [-0.25, -0.2) is 0 Å². The van der Waals surface area contributed by atoms with Crippen molar-refractivity contribution in [1.29, 1.82) is 5.26 Å². The second kappa shape index (κ2) is 2.68. The van der Waals surface area contributed by atoms with E-state index in [4.69, 9.17) is 5.26 Å². The maximum Gasteiger partial charge on any atom is 0.0628 e. The third kappa shape index (κ3) is 1.32. The molecule has 0 aromatic carbocycles. The molecule has 0 spiro atoms. The predicted octanol–water partition coefficient (Wildman–Crippen LogP) is 2.26. The van der Waals surface area contributed by atoms with E-state index in [2.05, 4.69) is 12.6 Å². The fourth-order valence-corrected chi connectivity index (χ4v) is 1.34. The molecule has 1 aliphatic rings. The molecule has 0 N–H and O–H groups in total. The van der Waals surface area contributed by atoms with Crippen molar-refractivity contribution in [1.82, 2.24) is 0 Å². The second-order valence-electron chi connectivity index (χ2n) is 2.61. The van der Waals surface area contributed by atoms with Gasteiger partial charge in [0.15, 0.2) is 0 Å². The molecule has 48 valence electrons. The highest BCUT2D eigenvalue weighted by Crippen LogP contribution is 2.31. The Kier molecular flexibility index (Phi) is 1.89. The highest BCUT2D eigenvalue weighted by atomic mass is 14.3. The Labute approximate surface area is 56.0 Å². The monoisotopic (exact) mass is 121 g/mol. The van der Waals surface area contributed by atoms with E-state index in [-0.39, 0.29) is 0 Å². The Hall–Kier alpha value is -0.770. The zero-order valence-corrected chi connectivity index (χ0v) is 5.56. The van der Waals surface area contributed by atoms with Crippen molar-refractivity contribution in [2.24, 2.45) is 5.92 Å². The van der Waals surface area contributed by atoms with Crippen LogP contribution in [-0.2, 0) is 0 Å². The first-order valence-corrected chi connectivity index (χ1v) is 3.39. The summed E-state index contributed by atoms with van der Waals surface area (Å²) in [5.74, 6) is 0.523. The molecular weight excluding hydrogens is 110 g/mol. The van der Waals surface area contributed by atoms with Crippen LogP contribution in [0.15, 0.2) is 12.2 Å². The summed E-state index contributed by atoms with van der Waals surface area (Å²) < 4.78 is 0. The lowest BCUT2D eigenvalue weighted by Crippen LogP contribution is -1.92. The van der Waals surface area contributed by atoms with Crippen LogP contribution in [0.4, 0.5) is 0 Å². The zero-order chi connectivity index (χ0) is 6.69. The summed E-state index contributed by atoms with van der Waals surface area (Å²) in [6.45, 7) is 3.90. The summed E-state index contributed by atoms with van der Waals surface area (Å²) in [5.41, 5.74) is 1.29. The van der Waals surface area contributed by atoms with Crippen molar-refractivity contribution in [3.8, 4) is 6.07 Å². The van der Waals surface area contributed by atoms with Crippen molar-refractivity contribution < 1.29 is 0 Å².